The number of hydrogen-bond donors (Lipinski definition) is 2. The van der Waals surface area contributed by atoms with Gasteiger partial charge in [0.2, 0.25) is 0 Å². The van der Waals surface area contributed by atoms with Crippen LogP contribution in [0.1, 0.15) is 98.3 Å². The predicted molar refractivity (Wildman–Crippen MR) is 112 cm³/mol. The summed E-state index contributed by atoms with van der Waals surface area (Å²) in [6, 6.07) is 0. The van der Waals surface area contributed by atoms with E-state index < -0.39 is 17.5 Å². The third-order valence-electron chi connectivity index (χ3n) is 10.7. The number of carboxylic acid groups (broad SMARTS) is 1. The average molecular weight is 391 g/mol. The van der Waals surface area contributed by atoms with E-state index in [1.807, 2.05) is 0 Å². The fourth-order valence-corrected chi connectivity index (χ4v) is 9.34. The van der Waals surface area contributed by atoms with Crippen LogP contribution in [0.25, 0.3) is 0 Å². The molecule has 2 unspecified atom stereocenters. The molecule has 3 heteroatoms. The van der Waals surface area contributed by atoms with Gasteiger partial charge in [0.25, 0.3) is 0 Å². The van der Waals surface area contributed by atoms with Crippen molar-refractivity contribution in [3.63, 3.8) is 0 Å². The van der Waals surface area contributed by atoms with Crippen LogP contribution in [-0.2, 0) is 4.79 Å². The Morgan fingerprint density at radius 1 is 1.04 bits per heavy atom. The molecule has 0 aromatic rings. The fraction of sp³-hybridized carbons (Fsp3) is 0.960. The standard InChI is InChI=1S/C25H42O3/c1-5-6-16(2)19-7-8-20-18-10-14-25(22(27)28)15-17(26)9-13-24(25,4)21(18)11-12-23(19,20)3/h16-21,26H,5-15H2,1-4H3,(H,27,28)/t16-,17?,18+,19-,20+,21+,23-,24-,25?/m1/s1. The number of hydrogen-bond acceptors (Lipinski definition) is 2. The highest BCUT2D eigenvalue weighted by molar-refractivity contribution is 5.76. The van der Waals surface area contributed by atoms with E-state index in [0.717, 1.165) is 43.4 Å². The number of aliphatic carboxylic acids is 1. The van der Waals surface area contributed by atoms with E-state index in [9.17, 15) is 15.0 Å². The number of carbonyl (C=O) groups is 1. The molecule has 0 amide bonds. The molecule has 0 spiro atoms. The van der Waals surface area contributed by atoms with Gasteiger partial charge in [-0.1, -0.05) is 40.5 Å². The van der Waals surface area contributed by atoms with Crippen LogP contribution in [0.2, 0.25) is 0 Å². The Bertz CT molecular complexity index is 617. The highest BCUT2D eigenvalue weighted by atomic mass is 16.4. The van der Waals surface area contributed by atoms with Crippen LogP contribution in [0.4, 0.5) is 0 Å². The topological polar surface area (TPSA) is 57.5 Å². The van der Waals surface area contributed by atoms with Gasteiger partial charge in [-0.2, -0.15) is 0 Å². The zero-order valence-electron chi connectivity index (χ0n) is 18.5. The normalized spacial score (nSPS) is 51.7. The van der Waals surface area contributed by atoms with Crippen LogP contribution in [-0.4, -0.2) is 22.3 Å². The van der Waals surface area contributed by atoms with E-state index >= 15 is 0 Å². The molecular weight excluding hydrogens is 348 g/mol. The van der Waals surface area contributed by atoms with Gasteiger partial charge >= 0.3 is 5.97 Å². The molecule has 2 N–H and O–H groups in total. The van der Waals surface area contributed by atoms with Gasteiger partial charge in [-0.15, -0.1) is 0 Å². The molecule has 0 aromatic heterocycles. The molecule has 0 aromatic carbocycles. The Morgan fingerprint density at radius 3 is 2.46 bits per heavy atom. The van der Waals surface area contributed by atoms with E-state index in [2.05, 4.69) is 27.7 Å². The fourth-order valence-electron chi connectivity index (χ4n) is 9.34. The van der Waals surface area contributed by atoms with E-state index in [1.165, 1.54) is 38.5 Å². The van der Waals surface area contributed by atoms with Crippen LogP contribution < -0.4 is 0 Å². The zero-order valence-corrected chi connectivity index (χ0v) is 18.5. The number of rotatable bonds is 4. The lowest BCUT2D eigenvalue weighted by Crippen LogP contribution is -2.62. The van der Waals surface area contributed by atoms with Crippen LogP contribution in [0.15, 0.2) is 0 Å². The Morgan fingerprint density at radius 2 is 1.79 bits per heavy atom. The molecule has 28 heavy (non-hydrogen) atoms. The molecule has 0 radical (unpaired) electrons. The van der Waals surface area contributed by atoms with Gasteiger partial charge in [-0.25, -0.2) is 0 Å². The van der Waals surface area contributed by atoms with Crippen molar-refractivity contribution in [2.24, 2.45) is 45.8 Å². The summed E-state index contributed by atoms with van der Waals surface area (Å²) < 4.78 is 0. The summed E-state index contributed by atoms with van der Waals surface area (Å²) in [6.45, 7) is 9.67. The molecule has 3 nitrogen and oxygen atoms in total. The van der Waals surface area contributed by atoms with Gasteiger partial charge in [-0.3, -0.25) is 4.79 Å². The van der Waals surface area contributed by atoms with Crippen molar-refractivity contribution in [2.75, 3.05) is 0 Å². The monoisotopic (exact) mass is 390 g/mol. The lowest BCUT2D eigenvalue weighted by molar-refractivity contribution is -0.202. The maximum atomic E-state index is 12.5. The molecule has 4 saturated carbocycles. The van der Waals surface area contributed by atoms with Gasteiger partial charge in [0, 0.05) is 0 Å². The second-order valence-corrected chi connectivity index (χ2v) is 11.6. The maximum Gasteiger partial charge on any atom is 0.310 e. The lowest BCUT2D eigenvalue weighted by atomic mass is 9.39. The van der Waals surface area contributed by atoms with Crippen molar-refractivity contribution in [1.29, 1.82) is 0 Å². The highest BCUT2D eigenvalue weighted by Gasteiger charge is 2.67. The Labute approximate surface area is 171 Å². The van der Waals surface area contributed by atoms with Crippen molar-refractivity contribution in [3.8, 4) is 0 Å². The van der Waals surface area contributed by atoms with Crippen LogP contribution in [0, 0.1) is 45.8 Å². The largest absolute Gasteiger partial charge is 0.481 e. The van der Waals surface area contributed by atoms with E-state index in [4.69, 9.17) is 0 Å². The third kappa shape index (κ3) is 2.67. The van der Waals surface area contributed by atoms with Crippen LogP contribution in [0.3, 0.4) is 0 Å². The summed E-state index contributed by atoms with van der Waals surface area (Å²) in [6.07, 6.45) is 11.4. The van der Waals surface area contributed by atoms with Crippen LogP contribution >= 0.6 is 0 Å². The van der Waals surface area contributed by atoms with Gasteiger partial charge < -0.3 is 10.2 Å². The van der Waals surface area contributed by atoms with Gasteiger partial charge in [-0.05, 0) is 98.2 Å². The minimum Gasteiger partial charge on any atom is -0.481 e. The summed E-state index contributed by atoms with van der Waals surface area (Å²) in [5.74, 6) is 3.05. The summed E-state index contributed by atoms with van der Waals surface area (Å²) in [4.78, 5) is 12.5. The lowest BCUT2D eigenvalue weighted by Gasteiger charge is -2.64. The van der Waals surface area contributed by atoms with Gasteiger partial charge in [0.15, 0.2) is 0 Å². The number of carboxylic acids is 1. The van der Waals surface area contributed by atoms with Crippen molar-refractivity contribution < 1.29 is 15.0 Å². The minimum absolute atomic E-state index is 0.143. The Kier molecular flexibility index (Phi) is 5.17. The highest BCUT2D eigenvalue weighted by Crippen LogP contribution is 2.71. The molecule has 4 rings (SSSR count). The van der Waals surface area contributed by atoms with E-state index in [-0.39, 0.29) is 5.41 Å². The van der Waals surface area contributed by atoms with E-state index in [1.54, 1.807) is 0 Å². The van der Waals surface area contributed by atoms with Gasteiger partial charge in [0.1, 0.15) is 0 Å². The molecule has 4 fully saturated rings. The molecule has 0 heterocycles. The molecule has 160 valence electrons. The second kappa shape index (κ2) is 7.00. The molecule has 0 saturated heterocycles. The second-order valence-electron chi connectivity index (χ2n) is 11.6. The van der Waals surface area contributed by atoms with Crippen molar-refractivity contribution >= 4 is 5.97 Å². The summed E-state index contributed by atoms with van der Waals surface area (Å²) in [7, 11) is 0. The number of aliphatic hydroxyl groups is 1. The van der Waals surface area contributed by atoms with Crippen molar-refractivity contribution in [1.82, 2.24) is 0 Å². The molecule has 9 atom stereocenters. The summed E-state index contributed by atoms with van der Waals surface area (Å²) in [5.41, 5.74) is -0.383. The average Bonchev–Trinajstić information content (AvgIpc) is 2.99. The first-order valence-corrected chi connectivity index (χ1v) is 12.1. The summed E-state index contributed by atoms with van der Waals surface area (Å²) in [5, 5.41) is 20.6. The molecular formula is C25H42O3. The first-order valence-electron chi connectivity index (χ1n) is 12.1. The first-order chi connectivity index (χ1) is 13.2. The van der Waals surface area contributed by atoms with Crippen molar-refractivity contribution in [2.45, 2.75) is 104 Å². The SMILES string of the molecule is CCC[C@@H](C)[C@H]1CC[C@H]2[C@@H]3CCC4(C(=O)O)CC(O)CC[C@]4(C)[C@H]3CC[C@]12C. The van der Waals surface area contributed by atoms with Crippen LogP contribution in [0.5, 0.6) is 0 Å². The first kappa shape index (κ1) is 20.7. The predicted octanol–water partition coefficient (Wildman–Crippen LogP) is 5.90. The number of aliphatic hydroxyl groups excluding tert-OH is 1. The quantitative estimate of drug-likeness (QED) is 0.628. The molecule has 0 aliphatic heterocycles. The third-order valence-corrected chi connectivity index (χ3v) is 10.7. The van der Waals surface area contributed by atoms with E-state index in [0.29, 0.717) is 23.7 Å². The smallest absolute Gasteiger partial charge is 0.310 e. The van der Waals surface area contributed by atoms with Crippen molar-refractivity contribution in [3.05, 3.63) is 0 Å². The Balaban J connectivity index is 1.64. The minimum atomic E-state index is -0.701. The maximum absolute atomic E-state index is 12.5. The molecule has 4 aliphatic carbocycles. The summed E-state index contributed by atoms with van der Waals surface area (Å²) >= 11 is 0. The zero-order chi connectivity index (χ0) is 20.3. The Hall–Kier alpha value is -0.570. The van der Waals surface area contributed by atoms with Gasteiger partial charge in [0.05, 0.1) is 11.5 Å². The molecule has 0 bridgehead atoms. The molecule has 4 aliphatic rings. The number of fused-ring (bicyclic) bond motifs is 5.